The Morgan fingerprint density at radius 3 is 2.60 bits per heavy atom. The van der Waals surface area contributed by atoms with Crippen LogP contribution >= 0.6 is 11.8 Å². The van der Waals surface area contributed by atoms with Crippen molar-refractivity contribution in [3.63, 3.8) is 0 Å². The number of aromatic nitrogens is 2. The minimum Gasteiger partial charge on any atom is -0.390 e. The summed E-state index contributed by atoms with van der Waals surface area (Å²) in [6.07, 6.45) is 2.42. The van der Waals surface area contributed by atoms with Gasteiger partial charge < -0.3 is 9.67 Å². The lowest BCUT2D eigenvalue weighted by atomic mass is 10.1. The Labute approximate surface area is 149 Å². The molecular weight excluding hydrogens is 342 g/mol. The third-order valence-electron chi connectivity index (χ3n) is 3.92. The molecule has 0 aliphatic rings. The molecular formula is C19H18F2N2OS. The smallest absolute Gasteiger partial charge is 0.168 e. The number of nitrogens with zero attached hydrogens (tertiary/aromatic N) is 2. The molecule has 2 aromatic carbocycles. The van der Waals surface area contributed by atoms with Crippen molar-refractivity contribution in [1.82, 2.24) is 9.55 Å². The maximum atomic E-state index is 13.8. The number of halogens is 2. The van der Waals surface area contributed by atoms with Crippen LogP contribution in [-0.2, 0) is 25.3 Å². The lowest BCUT2D eigenvalue weighted by Gasteiger charge is -2.11. The lowest BCUT2D eigenvalue weighted by Crippen LogP contribution is -2.07. The fourth-order valence-corrected chi connectivity index (χ4v) is 3.56. The second-order valence-electron chi connectivity index (χ2n) is 5.58. The summed E-state index contributed by atoms with van der Waals surface area (Å²) in [4.78, 5) is 4.32. The van der Waals surface area contributed by atoms with Crippen molar-refractivity contribution >= 4 is 11.8 Å². The summed E-state index contributed by atoms with van der Waals surface area (Å²) in [6.45, 7) is 0.546. The first kappa shape index (κ1) is 17.6. The summed E-state index contributed by atoms with van der Waals surface area (Å²) in [7, 11) is 0. The summed E-state index contributed by atoms with van der Waals surface area (Å²) in [5, 5.41) is 10.2. The first-order valence-electron chi connectivity index (χ1n) is 7.94. The van der Waals surface area contributed by atoms with Gasteiger partial charge in [0.25, 0.3) is 0 Å². The normalized spacial score (nSPS) is 11.0. The Balaban J connectivity index is 1.73. The number of aryl methyl sites for hydroxylation is 1. The van der Waals surface area contributed by atoms with Crippen molar-refractivity contribution in [3.05, 3.63) is 83.2 Å². The summed E-state index contributed by atoms with van der Waals surface area (Å²) in [5.74, 6) is -1.39. The quantitative estimate of drug-likeness (QED) is 0.642. The van der Waals surface area contributed by atoms with Gasteiger partial charge in [0.1, 0.15) is 0 Å². The van der Waals surface area contributed by atoms with Crippen LogP contribution in [0.3, 0.4) is 0 Å². The number of aliphatic hydroxyl groups excluding tert-OH is 1. The molecule has 6 heteroatoms. The number of imidazole rings is 1. The van der Waals surface area contributed by atoms with Crippen LogP contribution in [-0.4, -0.2) is 14.7 Å². The molecule has 1 aromatic heterocycles. The molecule has 0 fully saturated rings. The summed E-state index contributed by atoms with van der Waals surface area (Å²) in [6, 6.07) is 14.2. The Kier molecular flexibility index (Phi) is 5.83. The van der Waals surface area contributed by atoms with Gasteiger partial charge in [-0.3, -0.25) is 0 Å². The number of thioether (sulfide) groups is 1. The molecule has 3 aromatic rings. The predicted octanol–water partition coefficient (Wildman–Crippen LogP) is 4.19. The van der Waals surface area contributed by atoms with E-state index < -0.39 is 11.6 Å². The fourth-order valence-electron chi connectivity index (χ4n) is 2.56. The third kappa shape index (κ3) is 4.27. The maximum absolute atomic E-state index is 13.8. The highest BCUT2D eigenvalue weighted by Crippen LogP contribution is 2.25. The molecule has 0 bridgehead atoms. The van der Waals surface area contributed by atoms with Crippen molar-refractivity contribution in [2.24, 2.45) is 0 Å². The molecule has 0 amide bonds. The highest BCUT2D eigenvalue weighted by atomic mass is 32.2. The van der Waals surface area contributed by atoms with Gasteiger partial charge in [0.15, 0.2) is 16.8 Å². The SMILES string of the molecule is OCc1cnc(SCc2cccc(F)c2F)n1CCc1ccccc1. The molecule has 0 unspecified atom stereocenters. The van der Waals surface area contributed by atoms with Gasteiger partial charge in [-0.1, -0.05) is 54.2 Å². The van der Waals surface area contributed by atoms with Gasteiger partial charge >= 0.3 is 0 Å². The van der Waals surface area contributed by atoms with Crippen molar-refractivity contribution in [1.29, 1.82) is 0 Å². The van der Waals surface area contributed by atoms with Crippen LogP contribution in [0.2, 0.25) is 0 Å². The monoisotopic (exact) mass is 360 g/mol. The topological polar surface area (TPSA) is 38.1 Å². The van der Waals surface area contributed by atoms with E-state index in [2.05, 4.69) is 4.98 Å². The number of hydrogen-bond acceptors (Lipinski definition) is 3. The molecule has 0 spiro atoms. The van der Waals surface area contributed by atoms with E-state index in [1.807, 2.05) is 34.9 Å². The van der Waals surface area contributed by atoms with E-state index in [4.69, 9.17) is 0 Å². The van der Waals surface area contributed by atoms with E-state index in [0.29, 0.717) is 23.0 Å². The molecule has 0 saturated carbocycles. The van der Waals surface area contributed by atoms with Crippen LogP contribution in [0.1, 0.15) is 16.8 Å². The van der Waals surface area contributed by atoms with Gasteiger partial charge in [-0.25, -0.2) is 13.8 Å². The molecule has 3 nitrogen and oxygen atoms in total. The minimum absolute atomic E-state index is 0.114. The summed E-state index contributed by atoms with van der Waals surface area (Å²) < 4.78 is 29.0. The molecule has 1 heterocycles. The molecule has 0 saturated heterocycles. The standard InChI is InChI=1S/C19H18F2N2OS/c20-17-8-4-7-15(18(17)21)13-25-19-22-11-16(12-24)23(19)10-9-14-5-2-1-3-6-14/h1-8,11,24H,9-10,12-13H2. The van der Waals surface area contributed by atoms with E-state index in [9.17, 15) is 13.9 Å². The number of benzene rings is 2. The van der Waals surface area contributed by atoms with Gasteiger partial charge in [-0.2, -0.15) is 0 Å². The maximum Gasteiger partial charge on any atom is 0.168 e. The predicted molar refractivity (Wildman–Crippen MR) is 94.2 cm³/mol. The van der Waals surface area contributed by atoms with E-state index >= 15 is 0 Å². The van der Waals surface area contributed by atoms with Crippen LogP contribution in [0.5, 0.6) is 0 Å². The number of rotatable bonds is 7. The molecule has 1 N–H and O–H groups in total. The zero-order chi connectivity index (χ0) is 17.6. The van der Waals surface area contributed by atoms with E-state index in [1.54, 1.807) is 12.3 Å². The molecule has 0 aliphatic carbocycles. The highest BCUT2D eigenvalue weighted by Gasteiger charge is 2.13. The Bertz CT molecular complexity index is 837. The van der Waals surface area contributed by atoms with Crippen molar-refractivity contribution in [3.8, 4) is 0 Å². The Morgan fingerprint density at radius 1 is 1.04 bits per heavy atom. The zero-order valence-electron chi connectivity index (χ0n) is 13.5. The molecule has 3 rings (SSSR count). The van der Waals surface area contributed by atoms with Crippen molar-refractivity contribution < 1.29 is 13.9 Å². The average Bonchev–Trinajstić information content (AvgIpc) is 3.04. The fraction of sp³-hybridized carbons (Fsp3) is 0.211. The Morgan fingerprint density at radius 2 is 1.84 bits per heavy atom. The largest absolute Gasteiger partial charge is 0.390 e. The summed E-state index contributed by atoms with van der Waals surface area (Å²) >= 11 is 1.33. The second-order valence-corrected chi connectivity index (χ2v) is 6.52. The second kappa shape index (κ2) is 8.27. The molecule has 0 radical (unpaired) electrons. The van der Waals surface area contributed by atoms with Gasteiger partial charge in [0.2, 0.25) is 0 Å². The summed E-state index contributed by atoms with van der Waals surface area (Å²) in [5.41, 5.74) is 2.19. The van der Waals surface area contributed by atoms with Crippen LogP contribution < -0.4 is 0 Å². The lowest BCUT2D eigenvalue weighted by molar-refractivity contribution is 0.269. The first-order valence-corrected chi connectivity index (χ1v) is 8.92. The zero-order valence-corrected chi connectivity index (χ0v) is 14.3. The van der Waals surface area contributed by atoms with Gasteiger partial charge in [-0.05, 0) is 18.1 Å². The third-order valence-corrected chi connectivity index (χ3v) is 4.96. The minimum atomic E-state index is -0.846. The molecule has 130 valence electrons. The van der Waals surface area contributed by atoms with Crippen LogP contribution in [0, 0.1) is 11.6 Å². The number of aliphatic hydroxyl groups is 1. The van der Waals surface area contributed by atoms with Crippen molar-refractivity contribution in [2.45, 2.75) is 30.5 Å². The van der Waals surface area contributed by atoms with Crippen molar-refractivity contribution in [2.75, 3.05) is 0 Å². The van der Waals surface area contributed by atoms with Gasteiger partial charge in [0, 0.05) is 17.9 Å². The first-order chi connectivity index (χ1) is 12.2. The molecule has 0 atom stereocenters. The van der Waals surface area contributed by atoms with Gasteiger partial charge in [-0.15, -0.1) is 0 Å². The number of hydrogen-bond donors (Lipinski definition) is 1. The van der Waals surface area contributed by atoms with E-state index in [1.165, 1.54) is 23.4 Å². The van der Waals surface area contributed by atoms with Crippen LogP contribution in [0.25, 0.3) is 0 Å². The highest BCUT2D eigenvalue weighted by molar-refractivity contribution is 7.98. The average molecular weight is 360 g/mol. The van der Waals surface area contributed by atoms with Crippen LogP contribution in [0.4, 0.5) is 8.78 Å². The van der Waals surface area contributed by atoms with Crippen LogP contribution in [0.15, 0.2) is 59.9 Å². The Hall–Kier alpha value is -2.18. The molecule has 0 aliphatic heterocycles. The van der Waals surface area contributed by atoms with E-state index in [-0.39, 0.29) is 12.4 Å². The van der Waals surface area contributed by atoms with E-state index in [0.717, 1.165) is 12.5 Å². The molecule has 25 heavy (non-hydrogen) atoms. The van der Waals surface area contributed by atoms with Gasteiger partial charge in [0.05, 0.1) is 18.5 Å².